The van der Waals surface area contributed by atoms with Crippen LogP contribution in [0.4, 0.5) is 5.82 Å². The molecule has 0 saturated carbocycles. The van der Waals surface area contributed by atoms with Gasteiger partial charge in [-0.2, -0.15) is 0 Å². The van der Waals surface area contributed by atoms with Gasteiger partial charge >= 0.3 is 0 Å². The molecule has 5 heteroatoms. The number of benzene rings is 1. The molecule has 1 aliphatic rings. The number of anilines is 1. The van der Waals surface area contributed by atoms with Crippen LogP contribution < -0.4 is 5.32 Å². The third-order valence-electron chi connectivity index (χ3n) is 4.52. The molecule has 24 heavy (non-hydrogen) atoms. The number of rotatable bonds is 4. The van der Waals surface area contributed by atoms with Gasteiger partial charge in [-0.1, -0.05) is 36.4 Å². The summed E-state index contributed by atoms with van der Waals surface area (Å²) in [7, 11) is 2.12. The summed E-state index contributed by atoms with van der Waals surface area (Å²) in [5.41, 5.74) is 1.99. The fourth-order valence-corrected chi connectivity index (χ4v) is 3.05. The first-order chi connectivity index (χ1) is 11.6. The molecule has 5 nitrogen and oxygen atoms in total. The van der Waals surface area contributed by atoms with E-state index in [0.29, 0.717) is 5.82 Å². The second-order valence-corrected chi connectivity index (χ2v) is 6.31. The summed E-state index contributed by atoms with van der Waals surface area (Å²) in [6.07, 6.45) is 1.70. The molecule has 1 N–H and O–H groups in total. The lowest BCUT2D eigenvalue weighted by Gasteiger charge is -2.37. The fraction of sp³-hybridized carbons (Fsp3) is 0.368. The number of likely N-dealkylation sites (N-methyl/N-ethyl adjacent to an activating group) is 1. The third-order valence-corrected chi connectivity index (χ3v) is 4.52. The van der Waals surface area contributed by atoms with Crippen LogP contribution in [0.25, 0.3) is 0 Å². The highest BCUT2D eigenvalue weighted by atomic mass is 16.2. The van der Waals surface area contributed by atoms with Crippen LogP contribution in [-0.2, 0) is 4.79 Å². The molecule has 1 aromatic carbocycles. The van der Waals surface area contributed by atoms with Gasteiger partial charge in [0.05, 0.1) is 0 Å². The van der Waals surface area contributed by atoms with Gasteiger partial charge in [-0.25, -0.2) is 4.98 Å². The van der Waals surface area contributed by atoms with E-state index in [0.717, 1.165) is 37.3 Å². The smallest absolute Gasteiger partial charge is 0.247 e. The van der Waals surface area contributed by atoms with Crippen molar-refractivity contribution in [3.05, 3.63) is 59.8 Å². The van der Waals surface area contributed by atoms with Gasteiger partial charge in [-0.15, -0.1) is 0 Å². The van der Waals surface area contributed by atoms with Gasteiger partial charge in [0.1, 0.15) is 11.9 Å². The van der Waals surface area contributed by atoms with Gasteiger partial charge in [0.25, 0.3) is 0 Å². The topological polar surface area (TPSA) is 48.5 Å². The number of aryl methyl sites for hydroxylation is 1. The second-order valence-electron chi connectivity index (χ2n) is 6.31. The number of piperazine rings is 1. The van der Waals surface area contributed by atoms with Crippen molar-refractivity contribution in [1.82, 2.24) is 14.8 Å². The molecule has 0 aliphatic carbocycles. The van der Waals surface area contributed by atoms with Gasteiger partial charge in [0.15, 0.2) is 0 Å². The van der Waals surface area contributed by atoms with Crippen LogP contribution in [0.2, 0.25) is 0 Å². The van der Waals surface area contributed by atoms with E-state index in [9.17, 15) is 4.79 Å². The van der Waals surface area contributed by atoms with E-state index in [4.69, 9.17) is 0 Å². The first-order valence-corrected chi connectivity index (χ1v) is 8.35. The van der Waals surface area contributed by atoms with Gasteiger partial charge < -0.3 is 10.2 Å². The van der Waals surface area contributed by atoms with E-state index in [1.165, 1.54) is 0 Å². The Morgan fingerprint density at radius 1 is 1.08 bits per heavy atom. The number of carbonyl (C=O) groups is 1. The molecule has 1 aliphatic heterocycles. The number of nitrogens with one attached hydrogen (secondary N) is 1. The minimum atomic E-state index is -0.290. The van der Waals surface area contributed by atoms with Gasteiger partial charge in [-0.3, -0.25) is 9.69 Å². The molecule has 126 valence electrons. The molecule has 1 saturated heterocycles. The van der Waals surface area contributed by atoms with E-state index in [1.807, 2.05) is 49.4 Å². The number of pyridine rings is 1. The summed E-state index contributed by atoms with van der Waals surface area (Å²) in [6, 6.07) is 13.5. The van der Waals surface area contributed by atoms with Crippen LogP contribution in [0.5, 0.6) is 0 Å². The van der Waals surface area contributed by atoms with Crippen molar-refractivity contribution in [3.8, 4) is 0 Å². The number of amides is 1. The zero-order valence-corrected chi connectivity index (χ0v) is 14.3. The normalized spacial score (nSPS) is 17.4. The third kappa shape index (κ3) is 3.80. The van der Waals surface area contributed by atoms with E-state index >= 15 is 0 Å². The molecule has 1 aromatic heterocycles. The Kier molecular flexibility index (Phi) is 5.23. The number of aromatic nitrogens is 1. The zero-order valence-electron chi connectivity index (χ0n) is 14.3. The lowest BCUT2D eigenvalue weighted by Crippen LogP contribution is -2.48. The van der Waals surface area contributed by atoms with Crippen molar-refractivity contribution < 1.29 is 4.79 Å². The molecule has 3 rings (SSSR count). The van der Waals surface area contributed by atoms with Crippen LogP contribution in [-0.4, -0.2) is 53.9 Å². The van der Waals surface area contributed by atoms with Crippen LogP contribution in [0.1, 0.15) is 17.2 Å². The highest BCUT2D eigenvalue weighted by Crippen LogP contribution is 2.24. The highest BCUT2D eigenvalue weighted by Gasteiger charge is 2.30. The van der Waals surface area contributed by atoms with Crippen LogP contribution in [0, 0.1) is 6.92 Å². The second kappa shape index (κ2) is 7.55. The van der Waals surface area contributed by atoms with Crippen molar-refractivity contribution in [2.75, 3.05) is 38.5 Å². The van der Waals surface area contributed by atoms with Crippen molar-refractivity contribution in [2.24, 2.45) is 0 Å². The highest BCUT2D eigenvalue weighted by molar-refractivity contribution is 5.95. The van der Waals surface area contributed by atoms with E-state index in [2.05, 4.69) is 27.1 Å². The van der Waals surface area contributed by atoms with Gasteiger partial charge in [0, 0.05) is 32.4 Å². The number of nitrogens with zero attached hydrogens (tertiary/aromatic N) is 3. The standard InChI is InChI=1S/C19H24N4O/c1-15-7-6-10-20-18(15)21-19(24)17(16-8-4-3-5-9-16)23-13-11-22(2)12-14-23/h3-10,17H,11-14H2,1-2H3,(H,20,21,24). The summed E-state index contributed by atoms with van der Waals surface area (Å²) in [4.78, 5) is 21.9. The first-order valence-electron chi connectivity index (χ1n) is 8.35. The molecule has 0 bridgehead atoms. The molecule has 1 atom stereocenters. The summed E-state index contributed by atoms with van der Waals surface area (Å²) in [5, 5.41) is 3.01. The lowest BCUT2D eigenvalue weighted by molar-refractivity contribution is -0.122. The Labute approximate surface area is 143 Å². The average Bonchev–Trinajstić information content (AvgIpc) is 2.60. The van der Waals surface area contributed by atoms with Crippen molar-refractivity contribution in [3.63, 3.8) is 0 Å². The summed E-state index contributed by atoms with van der Waals surface area (Å²) < 4.78 is 0. The van der Waals surface area contributed by atoms with Gasteiger partial charge in [0.2, 0.25) is 5.91 Å². The van der Waals surface area contributed by atoms with E-state index in [1.54, 1.807) is 6.20 Å². The van der Waals surface area contributed by atoms with E-state index in [-0.39, 0.29) is 11.9 Å². The Balaban J connectivity index is 1.84. The minimum Gasteiger partial charge on any atom is -0.309 e. The Bertz CT molecular complexity index is 681. The average molecular weight is 324 g/mol. The summed E-state index contributed by atoms with van der Waals surface area (Å²) in [6.45, 7) is 5.66. The number of hydrogen-bond donors (Lipinski definition) is 1. The van der Waals surface area contributed by atoms with Crippen LogP contribution >= 0.6 is 0 Å². The van der Waals surface area contributed by atoms with Gasteiger partial charge in [-0.05, 0) is 31.2 Å². The predicted octanol–water partition coefficient (Wildman–Crippen LogP) is 2.32. The molecule has 2 heterocycles. The molecule has 0 radical (unpaired) electrons. The first kappa shape index (κ1) is 16.6. The minimum absolute atomic E-state index is 0.0208. The maximum absolute atomic E-state index is 13.0. The Morgan fingerprint density at radius 3 is 2.46 bits per heavy atom. The maximum atomic E-state index is 13.0. The summed E-state index contributed by atoms with van der Waals surface area (Å²) >= 11 is 0. The maximum Gasteiger partial charge on any atom is 0.247 e. The number of carbonyl (C=O) groups excluding carboxylic acids is 1. The molecule has 1 amide bonds. The molecule has 2 aromatic rings. The molecule has 1 fully saturated rings. The molecule has 1 unspecified atom stereocenters. The molecular formula is C19H24N4O. The lowest BCUT2D eigenvalue weighted by atomic mass is 10.0. The van der Waals surface area contributed by atoms with Crippen molar-refractivity contribution in [1.29, 1.82) is 0 Å². The van der Waals surface area contributed by atoms with Crippen molar-refractivity contribution >= 4 is 11.7 Å². The quantitative estimate of drug-likeness (QED) is 0.938. The Morgan fingerprint density at radius 2 is 1.79 bits per heavy atom. The fourth-order valence-electron chi connectivity index (χ4n) is 3.05. The molecular weight excluding hydrogens is 300 g/mol. The Hall–Kier alpha value is -2.24. The monoisotopic (exact) mass is 324 g/mol. The van der Waals surface area contributed by atoms with E-state index < -0.39 is 0 Å². The molecule has 0 spiro atoms. The van der Waals surface area contributed by atoms with Crippen LogP contribution in [0.15, 0.2) is 48.7 Å². The number of hydrogen-bond acceptors (Lipinski definition) is 4. The predicted molar refractivity (Wildman–Crippen MR) is 95.9 cm³/mol. The zero-order chi connectivity index (χ0) is 16.9. The largest absolute Gasteiger partial charge is 0.309 e. The SMILES string of the molecule is Cc1cccnc1NC(=O)C(c1ccccc1)N1CCN(C)CC1. The van der Waals surface area contributed by atoms with Crippen LogP contribution in [0.3, 0.4) is 0 Å². The summed E-state index contributed by atoms with van der Waals surface area (Å²) in [5.74, 6) is 0.616. The van der Waals surface area contributed by atoms with Crippen molar-refractivity contribution in [2.45, 2.75) is 13.0 Å².